The van der Waals surface area contributed by atoms with Gasteiger partial charge in [-0.1, -0.05) is 0 Å². The molecule has 0 unspecified atom stereocenters. The van der Waals surface area contributed by atoms with Gasteiger partial charge in [0, 0.05) is 6.54 Å². The Balaban J connectivity index is 3.14. The van der Waals surface area contributed by atoms with Crippen molar-refractivity contribution in [3.05, 3.63) is 0 Å². The Morgan fingerprint density at radius 3 is 2.17 bits per heavy atom. The lowest BCUT2D eigenvalue weighted by molar-refractivity contribution is 0.607. The summed E-state index contributed by atoms with van der Waals surface area (Å²) >= 11 is 0. The van der Waals surface area contributed by atoms with Crippen LogP contribution >= 0.6 is 0 Å². The zero-order valence-corrected chi connectivity index (χ0v) is 3.41. The van der Waals surface area contributed by atoms with Gasteiger partial charge < -0.3 is 0 Å². The van der Waals surface area contributed by atoms with E-state index in [1.165, 1.54) is 0 Å². The molecule has 0 aromatic rings. The third-order valence-corrected chi connectivity index (χ3v) is 0.278. The lowest BCUT2D eigenvalue weighted by Gasteiger charge is -1.72. The van der Waals surface area contributed by atoms with Crippen LogP contribution in [0.3, 0.4) is 0 Å². The zero-order valence-electron chi connectivity index (χ0n) is 3.41. The smallest absolute Gasteiger partial charge is 0.232 e. The molecule has 0 radical (unpaired) electrons. The Kier molecular flexibility index (Phi) is 2.54. The molecule has 0 aliphatic rings. The van der Waals surface area contributed by atoms with E-state index in [1.807, 2.05) is 0 Å². The van der Waals surface area contributed by atoms with E-state index in [2.05, 4.69) is 4.99 Å². The number of nitrogens with zero attached hydrogens (tertiary/aromatic N) is 1. The van der Waals surface area contributed by atoms with Crippen molar-refractivity contribution in [2.45, 2.75) is 6.92 Å². The van der Waals surface area contributed by atoms with Crippen LogP contribution in [0.1, 0.15) is 6.92 Å². The molecule has 0 bridgehead atoms. The molecular formula is C3H5F2N. The van der Waals surface area contributed by atoms with E-state index >= 15 is 0 Å². The summed E-state index contributed by atoms with van der Waals surface area (Å²) in [5.74, 6) is 0. The van der Waals surface area contributed by atoms with Crippen LogP contribution in [0.2, 0.25) is 0 Å². The molecule has 0 aromatic carbocycles. The summed E-state index contributed by atoms with van der Waals surface area (Å²) in [6.45, 7) is 1.72. The monoisotopic (exact) mass is 93.0 g/mol. The largest absolute Gasteiger partial charge is 0.360 e. The first-order chi connectivity index (χ1) is 2.77. The summed E-state index contributed by atoms with van der Waals surface area (Å²) in [7, 11) is 0. The molecule has 0 amide bonds. The average Bonchev–Trinajstić information content (AvgIpc) is 1.35. The molecule has 0 N–H and O–H groups in total. The maximum absolute atomic E-state index is 10.8. The number of halogens is 2. The van der Waals surface area contributed by atoms with E-state index in [0.29, 0.717) is 0 Å². The highest BCUT2D eigenvalue weighted by atomic mass is 19.3. The van der Waals surface area contributed by atoms with Crippen molar-refractivity contribution in [2.75, 3.05) is 6.54 Å². The van der Waals surface area contributed by atoms with Crippen LogP contribution in [0, 0.1) is 0 Å². The second-order valence-corrected chi connectivity index (χ2v) is 0.715. The molecule has 3 heteroatoms. The molecule has 0 fully saturated rings. The van der Waals surface area contributed by atoms with Crippen LogP contribution in [-0.4, -0.2) is 12.8 Å². The van der Waals surface area contributed by atoms with Crippen molar-refractivity contribution in [1.29, 1.82) is 0 Å². The predicted molar refractivity (Wildman–Crippen MR) is 20.2 cm³/mol. The van der Waals surface area contributed by atoms with Gasteiger partial charge in [-0.2, -0.15) is 8.78 Å². The third-order valence-electron chi connectivity index (χ3n) is 0.278. The lowest BCUT2D eigenvalue weighted by atomic mass is 10.8. The fraction of sp³-hybridized carbons (Fsp3) is 0.667. The Bertz CT molecular complexity index is 55.8. The Labute approximate surface area is 34.7 Å². The third kappa shape index (κ3) is 3.53. The van der Waals surface area contributed by atoms with E-state index < -0.39 is 6.22 Å². The van der Waals surface area contributed by atoms with E-state index in [9.17, 15) is 8.78 Å². The van der Waals surface area contributed by atoms with Gasteiger partial charge in [-0.15, -0.1) is 0 Å². The summed E-state index contributed by atoms with van der Waals surface area (Å²) in [6.07, 6.45) is -1.84. The first-order valence-electron chi connectivity index (χ1n) is 1.62. The normalized spacial score (nSPS) is 7.83. The second kappa shape index (κ2) is 2.75. The number of hydrogen-bond acceptors (Lipinski definition) is 1. The number of hydrogen-bond donors (Lipinski definition) is 0. The van der Waals surface area contributed by atoms with Crippen LogP contribution in [0.5, 0.6) is 0 Å². The Morgan fingerprint density at radius 2 is 2.17 bits per heavy atom. The predicted octanol–water partition coefficient (Wildman–Crippen LogP) is 1.30. The van der Waals surface area contributed by atoms with Crippen LogP contribution in [0.4, 0.5) is 8.78 Å². The average molecular weight is 93.1 g/mol. The van der Waals surface area contributed by atoms with Crippen LogP contribution in [0.25, 0.3) is 0 Å². The fourth-order valence-corrected chi connectivity index (χ4v) is 0.120. The SMILES string of the molecule is CCN=C(F)F. The summed E-state index contributed by atoms with van der Waals surface area (Å²) in [6, 6.07) is 0. The second-order valence-electron chi connectivity index (χ2n) is 0.715. The fourth-order valence-electron chi connectivity index (χ4n) is 0.120. The van der Waals surface area contributed by atoms with Crippen molar-refractivity contribution in [1.82, 2.24) is 0 Å². The minimum Gasteiger partial charge on any atom is -0.232 e. The standard InChI is InChI=1S/C3H5F2N/c1-2-6-3(4)5/h2H2,1H3. The number of rotatable bonds is 1. The van der Waals surface area contributed by atoms with E-state index in [4.69, 9.17) is 0 Å². The van der Waals surface area contributed by atoms with Crippen LogP contribution in [0.15, 0.2) is 4.99 Å². The van der Waals surface area contributed by atoms with Crippen molar-refractivity contribution < 1.29 is 8.78 Å². The molecule has 6 heavy (non-hydrogen) atoms. The first kappa shape index (κ1) is 5.53. The van der Waals surface area contributed by atoms with Crippen molar-refractivity contribution in [3.63, 3.8) is 0 Å². The summed E-state index contributed by atoms with van der Waals surface area (Å²) < 4.78 is 21.6. The highest BCUT2D eigenvalue weighted by molar-refractivity contribution is 5.63. The van der Waals surface area contributed by atoms with Gasteiger partial charge in [0.05, 0.1) is 0 Å². The van der Waals surface area contributed by atoms with Gasteiger partial charge in [0.25, 0.3) is 0 Å². The number of aliphatic imine (C=N–C) groups is 1. The lowest BCUT2D eigenvalue weighted by Crippen LogP contribution is -1.74. The quantitative estimate of drug-likeness (QED) is 0.433. The molecule has 0 saturated carbocycles. The van der Waals surface area contributed by atoms with Gasteiger partial charge >= 0.3 is 6.22 Å². The molecule has 0 heterocycles. The Hall–Kier alpha value is -0.470. The van der Waals surface area contributed by atoms with E-state index in [1.54, 1.807) is 6.92 Å². The molecule has 0 aliphatic heterocycles. The van der Waals surface area contributed by atoms with Gasteiger partial charge in [0.1, 0.15) is 0 Å². The van der Waals surface area contributed by atoms with Gasteiger partial charge in [0.2, 0.25) is 0 Å². The Morgan fingerprint density at radius 1 is 1.67 bits per heavy atom. The topological polar surface area (TPSA) is 12.4 Å². The molecule has 36 valence electrons. The molecule has 0 saturated heterocycles. The molecule has 0 rings (SSSR count). The minimum absolute atomic E-state index is 0.169. The van der Waals surface area contributed by atoms with Crippen molar-refractivity contribution in [2.24, 2.45) is 4.99 Å². The maximum Gasteiger partial charge on any atom is 0.360 e. The first-order valence-corrected chi connectivity index (χ1v) is 1.62. The van der Waals surface area contributed by atoms with E-state index in [0.717, 1.165) is 0 Å². The summed E-state index contributed by atoms with van der Waals surface area (Å²) in [4.78, 5) is 2.71. The van der Waals surface area contributed by atoms with Crippen molar-refractivity contribution in [3.8, 4) is 0 Å². The maximum atomic E-state index is 10.8. The highest BCUT2D eigenvalue weighted by Gasteiger charge is 1.80. The molecule has 0 atom stereocenters. The minimum atomic E-state index is -1.84. The van der Waals surface area contributed by atoms with Crippen LogP contribution < -0.4 is 0 Å². The van der Waals surface area contributed by atoms with Gasteiger partial charge in [0.15, 0.2) is 0 Å². The van der Waals surface area contributed by atoms with Gasteiger partial charge in [-0.3, -0.25) is 0 Å². The molecule has 0 spiro atoms. The molecule has 1 nitrogen and oxygen atoms in total. The van der Waals surface area contributed by atoms with Gasteiger partial charge in [-0.05, 0) is 6.92 Å². The van der Waals surface area contributed by atoms with Gasteiger partial charge in [-0.25, -0.2) is 4.99 Å². The molecular weight excluding hydrogens is 88.0 g/mol. The summed E-state index contributed by atoms with van der Waals surface area (Å²) in [5.41, 5.74) is 0. The molecule has 0 aliphatic carbocycles. The highest BCUT2D eigenvalue weighted by Crippen LogP contribution is 1.78. The van der Waals surface area contributed by atoms with Crippen molar-refractivity contribution >= 4 is 6.22 Å². The zero-order chi connectivity index (χ0) is 4.99. The molecule has 0 aromatic heterocycles. The van der Waals surface area contributed by atoms with E-state index in [-0.39, 0.29) is 6.54 Å². The summed E-state index contributed by atoms with van der Waals surface area (Å²) in [5, 5.41) is 0. The van der Waals surface area contributed by atoms with Crippen LogP contribution in [-0.2, 0) is 0 Å².